The fraction of sp³-hybridized carbons (Fsp3) is 0.258. The molecule has 8 aromatic rings. The van der Waals surface area contributed by atoms with Gasteiger partial charge < -0.3 is 29.1 Å². The highest BCUT2D eigenvalue weighted by Crippen LogP contribution is 2.39. The molecule has 370 valence electrons. The van der Waals surface area contributed by atoms with Crippen LogP contribution in [0.1, 0.15) is 135 Å². The molecule has 0 amide bonds. The van der Waals surface area contributed by atoms with Gasteiger partial charge in [-0.25, -0.2) is 29.9 Å². The molecule has 0 radical (unpaired) electrons. The van der Waals surface area contributed by atoms with Crippen LogP contribution in [0, 0.1) is 0 Å². The summed E-state index contributed by atoms with van der Waals surface area (Å²) in [7, 11) is 4.07. The van der Waals surface area contributed by atoms with Crippen LogP contribution in [0.15, 0.2) is 85.5 Å². The molecule has 8 aromatic heterocycles. The molecule has 0 saturated heterocycles. The normalized spacial score (nSPS) is 12.8. The molecule has 0 fully saturated rings. The molecule has 12 heteroatoms. The summed E-state index contributed by atoms with van der Waals surface area (Å²) in [4.78, 5) is 46.8. The number of hydrogen-bond acceptors (Lipinski definition) is 6. The predicted molar refractivity (Wildman–Crippen MR) is 306 cm³/mol. The zero-order chi connectivity index (χ0) is 50.1. The van der Waals surface area contributed by atoms with Gasteiger partial charge >= 0.3 is 0 Å². The van der Waals surface area contributed by atoms with E-state index in [4.69, 9.17) is 29.9 Å². The number of aryl methyl sites for hydroxylation is 4. The highest BCUT2D eigenvalue weighted by molar-refractivity contribution is 6.01. The average Bonchev–Trinajstić information content (AvgIpc) is 4.24. The first-order valence-corrected chi connectivity index (χ1v) is 26.6. The molecule has 74 heavy (non-hydrogen) atoms. The van der Waals surface area contributed by atoms with Crippen LogP contribution in [-0.4, -0.2) is 59.0 Å². The van der Waals surface area contributed by atoms with Crippen molar-refractivity contribution >= 4 is 92.7 Å². The van der Waals surface area contributed by atoms with Crippen molar-refractivity contribution in [1.82, 2.24) is 59.0 Å². The number of imidazole rings is 2. The minimum Gasteiger partial charge on any atom is -0.355 e. The zero-order valence-electron chi connectivity index (χ0n) is 42.8. The van der Waals surface area contributed by atoms with Gasteiger partial charge in [0.15, 0.2) is 0 Å². The number of rotatable bonds is 15. The summed E-state index contributed by atoms with van der Waals surface area (Å²) in [5, 5.41) is 0. The lowest BCUT2D eigenvalue weighted by Crippen LogP contribution is -1.95. The molecule has 0 unspecified atom stereocenters. The van der Waals surface area contributed by atoms with Gasteiger partial charge in [0, 0.05) is 94.2 Å². The second-order valence-electron chi connectivity index (χ2n) is 20.0. The Balaban J connectivity index is 1.15. The molecule has 12 nitrogen and oxygen atoms in total. The number of aromatic amines is 4. The molecule has 16 bridgehead atoms. The number of hydrogen-bond donors (Lipinski definition) is 4. The van der Waals surface area contributed by atoms with Crippen molar-refractivity contribution in [2.75, 3.05) is 0 Å². The maximum atomic E-state index is 5.66. The molecule has 4 aliphatic heterocycles. The Hall–Kier alpha value is -8.38. The number of aromatic nitrogens is 12. The van der Waals surface area contributed by atoms with Gasteiger partial charge in [-0.3, -0.25) is 0 Å². The lowest BCUT2D eigenvalue weighted by molar-refractivity contribution is 0.632. The van der Waals surface area contributed by atoms with Gasteiger partial charge in [0.25, 0.3) is 0 Å². The summed E-state index contributed by atoms with van der Waals surface area (Å²) in [6.45, 7) is 4.54. The molecule has 12 rings (SSSR count). The summed E-state index contributed by atoms with van der Waals surface area (Å²) < 4.78 is 4.11. The SMILES string of the molecule is CCCCCCCc1c2nc(c(-c3c4nc(c(CCCCCCC)c5ccc([nH]5)c(-c5nccn5C)c5nc(cc6ccc3[nH]6)C=C5)C=C4)c3ccc(cc4nc(c(-c5nccn5C)c5ccc1[nH]5)C=C4)[nH]3)C=C2. The lowest BCUT2D eigenvalue weighted by Gasteiger charge is -2.07. The number of nitrogens with zero attached hydrogens (tertiary/aromatic N) is 8. The number of unbranched alkanes of at least 4 members (excludes halogenated alkanes) is 8. The van der Waals surface area contributed by atoms with E-state index in [-0.39, 0.29) is 0 Å². The Labute approximate surface area is 430 Å². The highest BCUT2D eigenvalue weighted by atomic mass is 15.0. The molecule has 0 atom stereocenters. The van der Waals surface area contributed by atoms with Gasteiger partial charge in [-0.1, -0.05) is 65.2 Å². The van der Waals surface area contributed by atoms with Crippen molar-refractivity contribution in [1.29, 1.82) is 0 Å². The van der Waals surface area contributed by atoms with Crippen LogP contribution < -0.4 is 0 Å². The topological polar surface area (TPSA) is 150 Å². The molecule has 4 N–H and O–H groups in total. The van der Waals surface area contributed by atoms with Crippen molar-refractivity contribution in [3.8, 4) is 33.9 Å². The molecular formula is C62H62N12. The van der Waals surface area contributed by atoms with Crippen LogP contribution in [0.3, 0.4) is 0 Å². The largest absolute Gasteiger partial charge is 0.355 e. The van der Waals surface area contributed by atoms with Gasteiger partial charge in [-0.2, -0.15) is 0 Å². The van der Waals surface area contributed by atoms with E-state index in [1.54, 1.807) is 0 Å². The summed E-state index contributed by atoms with van der Waals surface area (Å²) in [5.74, 6) is 1.69. The van der Waals surface area contributed by atoms with Gasteiger partial charge in [0.05, 0.1) is 67.7 Å². The minimum atomic E-state index is 0.844. The van der Waals surface area contributed by atoms with E-state index in [0.29, 0.717) is 0 Å². The fourth-order valence-electron chi connectivity index (χ4n) is 10.9. The molecule has 0 aromatic carbocycles. The fourth-order valence-corrected chi connectivity index (χ4v) is 10.9. The van der Waals surface area contributed by atoms with E-state index in [9.17, 15) is 0 Å². The monoisotopic (exact) mass is 975 g/mol. The smallest absolute Gasteiger partial charge is 0.143 e. The molecule has 12 heterocycles. The second kappa shape index (κ2) is 20.3. The summed E-state index contributed by atoms with van der Waals surface area (Å²) in [5.41, 5.74) is 20.9. The lowest BCUT2D eigenvalue weighted by atomic mass is 10.0. The molecule has 0 spiro atoms. The maximum Gasteiger partial charge on any atom is 0.143 e. The van der Waals surface area contributed by atoms with Crippen LogP contribution >= 0.6 is 0 Å². The van der Waals surface area contributed by atoms with Crippen molar-refractivity contribution < 1.29 is 0 Å². The first kappa shape index (κ1) is 46.7. The van der Waals surface area contributed by atoms with E-state index in [1.807, 2.05) is 38.9 Å². The van der Waals surface area contributed by atoms with E-state index >= 15 is 0 Å². The van der Waals surface area contributed by atoms with Crippen LogP contribution in [0.5, 0.6) is 0 Å². The van der Waals surface area contributed by atoms with Crippen LogP contribution in [0.2, 0.25) is 0 Å². The van der Waals surface area contributed by atoms with Crippen molar-refractivity contribution in [3.05, 3.63) is 142 Å². The van der Waals surface area contributed by atoms with E-state index in [0.717, 1.165) is 162 Å². The Morgan fingerprint density at radius 3 is 1.19 bits per heavy atom. The second-order valence-corrected chi connectivity index (χ2v) is 20.0. The Morgan fingerprint density at radius 2 is 0.757 bits per heavy atom. The number of fused-ring (bicyclic) bond motifs is 16. The van der Waals surface area contributed by atoms with E-state index < -0.39 is 0 Å². The van der Waals surface area contributed by atoms with E-state index in [1.165, 1.54) is 49.7 Å². The Bertz CT molecular complexity index is 3670. The highest BCUT2D eigenvalue weighted by Gasteiger charge is 2.22. The average molecular weight is 975 g/mol. The first-order chi connectivity index (χ1) is 36.4. The predicted octanol–water partition coefficient (Wildman–Crippen LogP) is 15.1. The van der Waals surface area contributed by atoms with Crippen molar-refractivity contribution in [3.63, 3.8) is 0 Å². The Morgan fingerprint density at radius 1 is 0.378 bits per heavy atom. The summed E-state index contributed by atoms with van der Waals surface area (Å²) in [6, 6.07) is 21.6. The molecular weight excluding hydrogens is 913 g/mol. The standard InChI is InChI=1S/C62H62N12/c1-5-7-9-11-13-15-43-45-25-29-51(69-45)57(49-21-17-39(65-49)37-41-19-23-53(67-41)59(55-31-27-47(43)71-55)61-63-33-35-73(61)3)58-50-22-18-40(66-50)38-42-20-24-54(68-42)60(62-64-34-36-74(62)4)56-32-28-48(72-56)44(16-14-12-10-8-6-2)46-26-30-52(58)70-46/h17-38,65-66,71-72H,5-16H2,1-4H3. The van der Waals surface area contributed by atoms with Gasteiger partial charge in [-0.05, 0) is 135 Å². The third-order valence-electron chi connectivity index (χ3n) is 14.8. The quantitative estimate of drug-likeness (QED) is 0.0751. The molecule has 0 aliphatic carbocycles. The third kappa shape index (κ3) is 9.09. The summed E-state index contributed by atoms with van der Waals surface area (Å²) >= 11 is 0. The maximum absolute atomic E-state index is 5.66. The van der Waals surface area contributed by atoms with E-state index in [2.05, 4.69) is 152 Å². The van der Waals surface area contributed by atoms with Crippen molar-refractivity contribution in [2.45, 2.75) is 90.9 Å². The van der Waals surface area contributed by atoms with Crippen LogP contribution in [0.25, 0.3) is 127 Å². The van der Waals surface area contributed by atoms with Crippen LogP contribution in [-0.2, 0) is 26.9 Å². The molecule has 4 aliphatic rings. The van der Waals surface area contributed by atoms with Gasteiger partial charge in [0.2, 0.25) is 0 Å². The van der Waals surface area contributed by atoms with Crippen molar-refractivity contribution in [2.24, 2.45) is 14.1 Å². The number of H-pyrrole nitrogens is 4. The third-order valence-corrected chi connectivity index (χ3v) is 14.8. The van der Waals surface area contributed by atoms with Gasteiger partial charge in [0.1, 0.15) is 11.6 Å². The van der Waals surface area contributed by atoms with Crippen LogP contribution in [0.4, 0.5) is 0 Å². The first-order valence-electron chi connectivity index (χ1n) is 26.6. The Kier molecular flexibility index (Phi) is 12.8. The molecule has 0 saturated carbocycles. The number of nitrogens with one attached hydrogen (secondary N) is 4. The summed E-state index contributed by atoms with van der Waals surface area (Å²) in [6.07, 6.45) is 38.3. The minimum absolute atomic E-state index is 0.844. The zero-order valence-corrected chi connectivity index (χ0v) is 42.8. The van der Waals surface area contributed by atoms with Gasteiger partial charge in [-0.15, -0.1) is 0 Å².